The first-order valence-electron chi connectivity index (χ1n) is 8.57. The Bertz CT molecular complexity index is 926. The van der Waals surface area contributed by atoms with Gasteiger partial charge in [-0.05, 0) is 62.2 Å². The number of hydrogen-bond acceptors (Lipinski definition) is 4. The van der Waals surface area contributed by atoms with E-state index >= 15 is 0 Å². The van der Waals surface area contributed by atoms with Crippen molar-refractivity contribution in [3.8, 4) is 0 Å². The van der Waals surface area contributed by atoms with Crippen molar-refractivity contribution in [2.24, 2.45) is 0 Å². The maximum atomic E-state index is 12.8. The topological polar surface area (TPSA) is 87.3 Å². The molecule has 0 bridgehead atoms. The number of sulfonamides is 1. The minimum atomic E-state index is -3.79. The Kier molecular flexibility index (Phi) is 6.86. The van der Waals surface area contributed by atoms with Crippen LogP contribution >= 0.6 is 12.4 Å². The van der Waals surface area contributed by atoms with E-state index in [9.17, 15) is 13.2 Å². The highest BCUT2D eigenvalue weighted by Gasteiger charge is 2.21. The Hall–Kier alpha value is -2.09. The van der Waals surface area contributed by atoms with Gasteiger partial charge in [0.1, 0.15) is 0 Å². The standard InChI is InChI=1S/C19H23N3O3S.ClH/c1-13-4-3-5-16(10-13)22-26(24,25)18-11-15(7-6-14(18)2)19(23)21-17-8-9-20-12-17;/h3-7,10-11,17,20,22H,8-9,12H2,1-2H3,(H,21,23);1H. The second kappa shape index (κ2) is 8.73. The lowest BCUT2D eigenvalue weighted by Gasteiger charge is -2.14. The zero-order chi connectivity index (χ0) is 18.7. The van der Waals surface area contributed by atoms with Gasteiger partial charge in [0.05, 0.1) is 4.90 Å². The highest BCUT2D eigenvalue weighted by molar-refractivity contribution is 7.92. The summed E-state index contributed by atoms with van der Waals surface area (Å²) in [5, 5.41) is 6.12. The van der Waals surface area contributed by atoms with E-state index in [1.54, 1.807) is 37.3 Å². The Labute approximate surface area is 166 Å². The minimum absolute atomic E-state index is 0. The third-order valence-corrected chi connectivity index (χ3v) is 5.93. The van der Waals surface area contributed by atoms with E-state index in [2.05, 4.69) is 15.4 Å². The van der Waals surface area contributed by atoms with E-state index in [1.165, 1.54) is 6.07 Å². The molecule has 27 heavy (non-hydrogen) atoms. The summed E-state index contributed by atoms with van der Waals surface area (Å²) >= 11 is 0. The second-order valence-corrected chi connectivity index (χ2v) is 8.27. The number of carbonyl (C=O) groups excluding carboxylic acids is 1. The van der Waals surface area contributed by atoms with Crippen LogP contribution in [0.2, 0.25) is 0 Å². The van der Waals surface area contributed by atoms with Crippen molar-refractivity contribution in [1.29, 1.82) is 0 Å². The molecule has 1 aliphatic heterocycles. The lowest BCUT2D eigenvalue weighted by molar-refractivity contribution is 0.0940. The molecular weight excluding hydrogens is 386 g/mol. The number of benzene rings is 2. The lowest BCUT2D eigenvalue weighted by Crippen LogP contribution is -2.36. The average Bonchev–Trinajstić information content (AvgIpc) is 3.07. The number of anilines is 1. The molecular formula is C19H24ClN3O3S. The van der Waals surface area contributed by atoms with Gasteiger partial charge in [-0.25, -0.2) is 8.42 Å². The van der Waals surface area contributed by atoms with Crippen LogP contribution in [0.5, 0.6) is 0 Å². The van der Waals surface area contributed by atoms with Crippen molar-refractivity contribution < 1.29 is 13.2 Å². The molecule has 0 aliphatic carbocycles. The van der Waals surface area contributed by atoms with Gasteiger partial charge in [0.2, 0.25) is 0 Å². The first kappa shape index (κ1) is 21.2. The average molecular weight is 410 g/mol. The Morgan fingerprint density at radius 3 is 2.59 bits per heavy atom. The summed E-state index contributed by atoms with van der Waals surface area (Å²) in [6.45, 7) is 5.22. The van der Waals surface area contributed by atoms with Gasteiger partial charge >= 0.3 is 0 Å². The molecule has 2 aromatic rings. The lowest BCUT2D eigenvalue weighted by atomic mass is 10.1. The molecule has 1 heterocycles. The van der Waals surface area contributed by atoms with E-state index in [1.807, 2.05) is 13.0 Å². The maximum absolute atomic E-state index is 12.8. The zero-order valence-corrected chi connectivity index (χ0v) is 16.9. The zero-order valence-electron chi connectivity index (χ0n) is 15.3. The second-order valence-electron chi connectivity index (χ2n) is 6.62. The molecule has 3 N–H and O–H groups in total. The number of aryl methyl sites for hydroxylation is 2. The van der Waals surface area contributed by atoms with Crippen LogP contribution in [-0.2, 0) is 10.0 Å². The van der Waals surface area contributed by atoms with Crippen LogP contribution in [0.15, 0.2) is 47.4 Å². The van der Waals surface area contributed by atoms with E-state index in [0.29, 0.717) is 16.8 Å². The number of rotatable bonds is 5. The quantitative estimate of drug-likeness (QED) is 0.708. The first-order chi connectivity index (χ1) is 12.3. The molecule has 1 saturated heterocycles. The van der Waals surface area contributed by atoms with Crippen molar-refractivity contribution >= 4 is 34.0 Å². The molecule has 0 aromatic heterocycles. The molecule has 0 spiro atoms. The summed E-state index contributed by atoms with van der Waals surface area (Å²) in [5.41, 5.74) is 2.38. The summed E-state index contributed by atoms with van der Waals surface area (Å²) in [6.07, 6.45) is 0.873. The van der Waals surface area contributed by atoms with Crippen molar-refractivity contribution in [3.05, 3.63) is 59.2 Å². The molecule has 1 aliphatic rings. The molecule has 1 unspecified atom stereocenters. The molecule has 1 atom stereocenters. The predicted molar refractivity (Wildman–Crippen MR) is 109 cm³/mol. The van der Waals surface area contributed by atoms with Gasteiger partial charge in [0.25, 0.3) is 15.9 Å². The monoisotopic (exact) mass is 409 g/mol. The largest absolute Gasteiger partial charge is 0.348 e. The molecule has 0 saturated carbocycles. The smallest absolute Gasteiger partial charge is 0.262 e. The number of amides is 1. The van der Waals surface area contributed by atoms with E-state index in [-0.39, 0.29) is 29.3 Å². The van der Waals surface area contributed by atoms with Gasteiger partial charge in [-0.1, -0.05) is 18.2 Å². The Morgan fingerprint density at radius 1 is 1.15 bits per heavy atom. The fraction of sp³-hybridized carbons (Fsp3) is 0.316. The van der Waals surface area contributed by atoms with Gasteiger partial charge in [-0.15, -0.1) is 12.4 Å². The van der Waals surface area contributed by atoms with Crippen molar-refractivity contribution in [2.45, 2.75) is 31.2 Å². The maximum Gasteiger partial charge on any atom is 0.262 e. The van der Waals surface area contributed by atoms with Crippen LogP contribution in [0.4, 0.5) is 5.69 Å². The van der Waals surface area contributed by atoms with Gasteiger partial charge in [-0.2, -0.15) is 0 Å². The molecule has 1 fully saturated rings. The third-order valence-electron chi connectivity index (χ3n) is 4.41. The Balaban J connectivity index is 0.00000261. The van der Waals surface area contributed by atoms with E-state index in [0.717, 1.165) is 25.1 Å². The normalized spacial score (nSPS) is 16.4. The van der Waals surface area contributed by atoms with E-state index < -0.39 is 10.0 Å². The fourth-order valence-electron chi connectivity index (χ4n) is 3.00. The highest BCUT2D eigenvalue weighted by Crippen LogP contribution is 2.21. The van der Waals surface area contributed by atoms with E-state index in [4.69, 9.17) is 0 Å². The summed E-state index contributed by atoms with van der Waals surface area (Å²) in [4.78, 5) is 12.5. The molecule has 0 radical (unpaired) electrons. The molecule has 3 rings (SSSR count). The fourth-order valence-corrected chi connectivity index (χ4v) is 4.32. The summed E-state index contributed by atoms with van der Waals surface area (Å²) in [7, 11) is -3.79. The number of nitrogens with one attached hydrogen (secondary N) is 3. The SMILES string of the molecule is Cc1cccc(NS(=O)(=O)c2cc(C(=O)NC3CCNC3)ccc2C)c1.Cl. The van der Waals surface area contributed by atoms with Gasteiger partial charge in [0.15, 0.2) is 0 Å². The van der Waals surface area contributed by atoms with Gasteiger partial charge in [0, 0.05) is 23.8 Å². The third kappa shape index (κ3) is 5.22. The summed E-state index contributed by atoms with van der Waals surface area (Å²) in [6, 6.07) is 12.0. The molecule has 2 aromatic carbocycles. The Morgan fingerprint density at radius 2 is 1.93 bits per heavy atom. The number of hydrogen-bond donors (Lipinski definition) is 3. The van der Waals surface area contributed by atoms with Crippen LogP contribution in [0.1, 0.15) is 27.9 Å². The molecule has 8 heteroatoms. The van der Waals surface area contributed by atoms with Crippen LogP contribution in [0.25, 0.3) is 0 Å². The predicted octanol–water partition coefficient (Wildman–Crippen LogP) is 2.62. The van der Waals surface area contributed by atoms with Crippen molar-refractivity contribution in [2.75, 3.05) is 17.8 Å². The van der Waals surface area contributed by atoms with Crippen LogP contribution in [-0.4, -0.2) is 33.5 Å². The van der Waals surface area contributed by atoms with Gasteiger partial charge in [-0.3, -0.25) is 9.52 Å². The number of halogens is 1. The summed E-state index contributed by atoms with van der Waals surface area (Å²) < 4.78 is 28.2. The minimum Gasteiger partial charge on any atom is -0.348 e. The molecule has 1 amide bonds. The molecule has 6 nitrogen and oxygen atoms in total. The highest BCUT2D eigenvalue weighted by atomic mass is 35.5. The summed E-state index contributed by atoms with van der Waals surface area (Å²) in [5.74, 6) is -0.259. The van der Waals surface area contributed by atoms with Crippen molar-refractivity contribution in [3.63, 3.8) is 0 Å². The first-order valence-corrected chi connectivity index (χ1v) is 10.1. The van der Waals surface area contributed by atoms with Crippen LogP contribution in [0.3, 0.4) is 0 Å². The van der Waals surface area contributed by atoms with Crippen LogP contribution < -0.4 is 15.4 Å². The van der Waals surface area contributed by atoms with Crippen molar-refractivity contribution in [1.82, 2.24) is 10.6 Å². The van der Waals surface area contributed by atoms with Gasteiger partial charge < -0.3 is 10.6 Å². The molecule has 146 valence electrons. The van der Waals surface area contributed by atoms with Crippen LogP contribution in [0, 0.1) is 13.8 Å². The number of carbonyl (C=O) groups is 1.